The molecule has 0 fully saturated rings. The summed E-state index contributed by atoms with van der Waals surface area (Å²) in [6, 6.07) is 1.93. The standard InChI is InChI=1S/C16H27N3O2/c1-5-8-17-15-11-13(4)18-12-14(15)16(20)19(6-2)9-10-21-7-3/h11-12H,5-10H2,1-4H3,(H,17,18). The lowest BCUT2D eigenvalue weighted by atomic mass is 10.1. The van der Waals surface area contributed by atoms with Crippen molar-refractivity contribution in [1.82, 2.24) is 9.88 Å². The van der Waals surface area contributed by atoms with Crippen LogP contribution in [0.1, 0.15) is 43.2 Å². The second-order valence-electron chi connectivity index (χ2n) is 4.88. The molecule has 1 rings (SSSR count). The van der Waals surface area contributed by atoms with Gasteiger partial charge in [-0.05, 0) is 33.3 Å². The number of anilines is 1. The predicted octanol–water partition coefficient (Wildman–Crippen LogP) is 2.71. The molecule has 0 unspecified atom stereocenters. The first kappa shape index (κ1) is 17.4. The zero-order valence-electron chi connectivity index (χ0n) is 13.6. The normalized spacial score (nSPS) is 10.5. The lowest BCUT2D eigenvalue weighted by Crippen LogP contribution is -2.34. The minimum Gasteiger partial charge on any atom is -0.384 e. The van der Waals surface area contributed by atoms with Crippen molar-refractivity contribution in [2.45, 2.75) is 34.1 Å². The molecular weight excluding hydrogens is 266 g/mol. The van der Waals surface area contributed by atoms with Crippen LogP contribution >= 0.6 is 0 Å². The average molecular weight is 293 g/mol. The fourth-order valence-electron chi connectivity index (χ4n) is 2.03. The number of rotatable bonds is 9. The van der Waals surface area contributed by atoms with Gasteiger partial charge >= 0.3 is 0 Å². The van der Waals surface area contributed by atoms with Gasteiger partial charge in [0.15, 0.2) is 0 Å². The second-order valence-corrected chi connectivity index (χ2v) is 4.88. The van der Waals surface area contributed by atoms with Crippen molar-refractivity contribution in [1.29, 1.82) is 0 Å². The summed E-state index contributed by atoms with van der Waals surface area (Å²) < 4.78 is 5.34. The largest absolute Gasteiger partial charge is 0.384 e. The van der Waals surface area contributed by atoms with E-state index >= 15 is 0 Å². The van der Waals surface area contributed by atoms with Crippen LogP contribution in [0, 0.1) is 6.92 Å². The van der Waals surface area contributed by atoms with E-state index in [0.29, 0.717) is 31.9 Å². The van der Waals surface area contributed by atoms with Gasteiger partial charge in [0.05, 0.1) is 17.9 Å². The molecule has 0 spiro atoms. The topological polar surface area (TPSA) is 54.5 Å². The zero-order valence-corrected chi connectivity index (χ0v) is 13.6. The third-order valence-corrected chi connectivity index (χ3v) is 3.22. The molecule has 0 aromatic carbocycles. The minimum absolute atomic E-state index is 0.00306. The number of aryl methyl sites for hydroxylation is 1. The summed E-state index contributed by atoms with van der Waals surface area (Å²) in [5.74, 6) is 0.00306. The molecular formula is C16H27N3O2. The van der Waals surface area contributed by atoms with Crippen LogP contribution in [-0.2, 0) is 4.74 Å². The summed E-state index contributed by atoms with van der Waals surface area (Å²) in [5, 5.41) is 3.31. The van der Waals surface area contributed by atoms with E-state index in [1.165, 1.54) is 0 Å². The Morgan fingerprint density at radius 2 is 2.14 bits per heavy atom. The van der Waals surface area contributed by atoms with E-state index in [-0.39, 0.29) is 5.91 Å². The molecule has 21 heavy (non-hydrogen) atoms. The number of carbonyl (C=O) groups excluding carboxylic acids is 1. The van der Waals surface area contributed by atoms with Crippen LogP contribution in [-0.4, -0.2) is 48.6 Å². The first-order chi connectivity index (χ1) is 10.1. The van der Waals surface area contributed by atoms with Gasteiger partial charge < -0.3 is 15.0 Å². The van der Waals surface area contributed by atoms with Gasteiger partial charge in [-0.2, -0.15) is 0 Å². The Morgan fingerprint density at radius 1 is 1.38 bits per heavy atom. The number of carbonyl (C=O) groups is 1. The quantitative estimate of drug-likeness (QED) is 0.711. The van der Waals surface area contributed by atoms with Crippen molar-refractivity contribution in [3.05, 3.63) is 23.5 Å². The predicted molar refractivity (Wildman–Crippen MR) is 85.8 cm³/mol. The number of aromatic nitrogens is 1. The Balaban J connectivity index is 2.87. The summed E-state index contributed by atoms with van der Waals surface area (Å²) in [7, 11) is 0. The average Bonchev–Trinajstić information content (AvgIpc) is 2.49. The first-order valence-electron chi connectivity index (χ1n) is 7.71. The number of pyridine rings is 1. The van der Waals surface area contributed by atoms with Crippen molar-refractivity contribution in [2.75, 3.05) is 38.2 Å². The van der Waals surface area contributed by atoms with Gasteiger partial charge in [-0.25, -0.2) is 0 Å². The molecule has 0 aliphatic heterocycles. The highest BCUT2D eigenvalue weighted by atomic mass is 16.5. The number of amides is 1. The van der Waals surface area contributed by atoms with E-state index in [2.05, 4.69) is 17.2 Å². The van der Waals surface area contributed by atoms with Crippen LogP contribution in [0.3, 0.4) is 0 Å². The number of nitrogens with zero attached hydrogens (tertiary/aromatic N) is 2. The number of nitrogens with one attached hydrogen (secondary N) is 1. The molecule has 0 atom stereocenters. The molecule has 5 nitrogen and oxygen atoms in total. The van der Waals surface area contributed by atoms with Crippen molar-refractivity contribution < 1.29 is 9.53 Å². The Morgan fingerprint density at radius 3 is 2.76 bits per heavy atom. The van der Waals surface area contributed by atoms with Gasteiger partial charge in [0.1, 0.15) is 0 Å². The molecule has 0 bridgehead atoms. The van der Waals surface area contributed by atoms with Crippen LogP contribution in [0.15, 0.2) is 12.3 Å². The SMILES string of the molecule is CCCNc1cc(C)ncc1C(=O)N(CC)CCOCC. The van der Waals surface area contributed by atoms with E-state index < -0.39 is 0 Å². The Hall–Kier alpha value is -1.62. The minimum atomic E-state index is 0.00306. The van der Waals surface area contributed by atoms with Gasteiger partial charge in [-0.1, -0.05) is 6.92 Å². The Bertz CT molecular complexity index is 449. The molecule has 1 aromatic rings. The van der Waals surface area contributed by atoms with Gasteiger partial charge in [0.25, 0.3) is 5.91 Å². The van der Waals surface area contributed by atoms with Gasteiger partial charge in [0.2, 0.25) is 0 Å². The number of hydrogen-bond donors (Lipinski definition) is 1. The van der Waals surface area contributed by atoms with Gasteiger partial charge in [0, 0.05) is 38.1 Å². The smallest absolute Gasteiger partial charge is 0.257 e. The van der Waals surface area contributed by atoms with Crippen molar-refractivity contribution in [2.24, 2.45) is 0 Å². The van der Waals surface area contributed by atoms with Gasteiger partial charge in [-0.15, -0.1) is 0 Å². The van der Waals surface area contributed by atoms with Crippen LogP contribution in [0.5, 0.6) is 0 Å². The molecule has 1 heterocycles. The molecule has 0 radical (unpaired) electrons. The van der Waals surface area contributed by atoms with E-state index in [0.717, 1.165) is 24.3 Å². The maximum Gasteiger partial charge on any atom is 0.257 e. The number of hydrogen-bond acceptors (Lipinski definition) is 4. The molecule has 5 heteroatoms. The van der Waals surface area contributed by atoms with Crippen LogP contribution in [0.25, 0.3) is 0 Å². The summed E-state index contributed by atoms with van der Waals surface area (Å²) in [4.78, 5) is 18.7. The highest BCUT2D eigenvalue weighted by Crippen LogP contribution is 2.18. The van der Waals surface area contributed by atoms with E-state index in [1.807, 2.05) is 26.8 Å². The van der Waals surface area contributed by atoms with E-state index in [4.69, 9.17) is 4.74 Å². The lowest BCUT2D eigenvalue weighted by Gasteiger charge is -2.22. The maximum absolute atomic E-state index is 12.7. The van der Waals surface area contributed by atoms with Crippen molar-refractivity contribution >= 4 is 11.6 Å². The molecule has 1 aromatic heterocycles. The summed E-state index contributed by atoms with van der Waals surface area (Å²) in [6.07, 6.45) is 2.68. The molecule has 1 N–H and O–H groups in total. The molecule has 0 saturated heterocycles. The van der Waals surface area contributed by atoms with Crippen LogP contribution < -0.4 is 5.32 Å². The van der Waals surface area contributed by atoms with E-state index in [1.54, 1.807) is 11.1 Å². The first-order valence-corrected chi connectivity index (χ1v) is 7.71. The molecule has 1 amide bonds. The lowest BCUT2D eigenvalue weighted by molar-refractivity contribution is 0.0669. The van der Waals surface area contributed by atoms with Crippen LogP contribution in [0.4, 0.5) is 5.69 Å². The van der Waals surface area contributed by atoms with Crippen molar-refractivity contribution in [3.8, 4) is 0 Å². The second kappa shape index (κ2) is 9.34. The fourth-order valence-corrected chi connectivity index (χ4v) is 2.03. The molecule has 118 valence electrons. The third-order valence-electron chi connectivity index (χ3n) is 3.22. The fraction of sp³-hybridized carbons (Fsp3) is 0.625. The van der Waals surface area contributed by atoms with Crippen molar-refractivity contribution in [3.63, 3.8) is 0 Å². The van der Waals surface area contributed by atoms with Gasteiger partial charge in [-0.3, -0.25) is 9.78 Å². The molecule has 0 aliphatic rings. The summed E-state index contributed by atoms with van der Waals surface area (Å²) >= 11 is 0. The monoisotopic (exact) mass is 293 g/mol. The van der Waals surface area contributed by atoms with E-state index in [9.17, 15) is 4.79 Å². The Kier molecular flexibility index (Phi) is 7.75. The van der Waals surface area contributed by atoms with Crippen LogP contribution in [0.2, 0.25) is 0 Å². The molecule has 0 aliphatic carbocycles. The third kappa shape index (κ3) is 5.34. The zero-order chi connectivity index (χ0) is 15.7. The highest BCUT2D eigenvalue weighted by molar-refractivity contribution is 5.99. The number of likely N-dealkylation sites (N-methyl/N-ethyl adjacent to an activating group) is 1. The molecule has 0 saturated carbocycles. The summed E-state index contributed by atoms with van der Waals surface area (Å²) in [6.45, 7) is 11.3. The number of ether oxygens (including phenoxy) is 1. The highest BCUT2D eigenvalue weighted by Gasteiger charge is 2.18. The maximum atomic E-state index is 12.7. The Labute approximate surface area is 127 Å². The summed E-state index contributed by atoms with van der Waals surface area (Å²) in [5.41, 5.74) is 2.40.